The summed E-state index contributed by atoms with van der Waals surface area (Å²) in [5.41, 5.74) is 0. The molecule has 0 spiro atoms. The molecule has 0 amide bonds. The first kappa shape index (κ1) is 11.9. The minimum absolute atomic E-state index is 0.0363. The Hall–Kier alpha value is -1.08. The van der Waals surface area contributed by atoms with Crippen LogP contribution in [0.4, 0.5) is 0 Å². The van der Waals surface area contributed by atoms with E-state index in [-0.39, 0.29) is 6.04 Å². The van der Waals surface area contributed by atoms with E-state index in [0.29, 0.717) is 13.0 Å². The second-order valence-electron chi connectivity index (χ2n) is 3.26. The lowest BCUT2D eigenvalue weighted by atomic mass is 10.0. The van der Waals surface area contributed by atoms with E-state index in [0.717, 1.165) is 0 Å². The lowest BCUT2D eigenvalue weighted by Gasteiger charge is -2.26. The van der Waals surface area contributed by atoms with E-state index < -0.39 is 11.9 Å². The summed E-state index contributed by atoms with van der Waals surface area (Å²) in [4.78, 5) is 12.5. The molecule has 0 aliphatic heterocycles. The monoisotopic (exact) mass is 184 g/mol. The summed E-state index contributed by atoms with van der Waals surface area (Å²) in [6.07, 6.45) is 0.438. The Kier molecular flexibility index (Phi) is 5.09. The molecule has 0 bridgehead atoms. The van der Waals surface area contributed by atoms with E-state index in [1.54, 1.807) is 6.92 Å². The molecule has 2 unspecified atom stereocenters. The van der Waals surface area contributed by atoms with Crippen LogP contribution >= 0.6 is 0 Å². The molecule has 0 radical (unpaired) electrons. The summed E-state index contributed by atoms with van der Waals surface area (Å²) in [7, 11) is 1.83. The Morgan fingerprint density at radius 2 is 2.15 bits per heavy atom. The number of nitriles is 1. The van der Waals surface area contributed by atoms with Crippen molar-refractivity contribution in [2.75, 3.05) is 13.6 Å². The smallest absolute Gasteiger partial charge is 0.307 e. The van der Waals surface area contributed by atoms with Crippen molar-refractivity contribution < 1.29 is 9.90 Å². The summed E-state index contributed by atoms with van der Waals surface area (Å²) in [5, 5.41) is 17.1. The van der Waals surface area contributed by atoms with Gasteiger partial charge in [-0.3, -0.25) is 4.79 Å². The topological polar surface area (TPSA) is 64.3 Å². The lowest BCUT2D eigenvalue weighted by molar-refractivity contribution is -0.143. The molecular weight excluding hydrogens is 168 g/mol. The van der Waals surface area contributed by atoms with Gasteiger partial charge in [0.25, 0.3) is 0 Å². The molecule has 4 nitrogen and oxygen atoms in total. The Morgan fingerprint density at radius 1 is 1.62 bits per heavy atom. The zero-order chi connectivity index (χ0) is 10.4. The number of carbonyl (C=O) groups is 1. The first-order valence-corrected chi connectivity index (χ1v) is 4.30. The van der Waals surface area contributed by atoms with Gasteiger partial charge in [0.15, 0.2) is 0 Å². The van der Waals surface area contributed by atoms with Crippen LogP contribution in [0.15, 0.2) is 0 Å². The molecule has 0 aliphatic rings. The van der Waals surface area contributed by atoms with Crippen molar-refractivity contribution in [2.45, 2.75) is 26.3 Å². The van der Waals surface area contributed by atoms with Crippen molar-refractivity contribution in [2.24, 2.45) is 5.92 Å². The molecule has 0 saturated heterocycles. The van der Waals surface area contributed by atoms with Gasteiger partial charge in [0.1, 0.15) is 0 Å². The molecule has 0 saturated carbocycles. The Morgan fingerprint density at radius 3 is 2.54 bits per heavy atom. The summed E-state index contributed by atoms with van der Waals surface area (Å²) in [6.45, 7) is 4.15. The zero-order valence-electron chi connectivity index (χ0n) is 8.32. The molecular formula is C9H16N2O2. The predicted octanol–water partition coefficient (Wildman–Crippen LogP) is 0.941. The van der Waals surface area contributed by atoms with Gasteiger partial charge in [-0.15, -0.1) is 0 Å². The molecule has 1 N–H and O–H groups in total. The van der Waals surface area contributed by atoms with Crippen molar-refractivity contribution >= 4 is 5.97 Å². The summed E-state index contributed by atoms with van der Waals surface area (Å²) in [6, 6.07) is 2.00. The molecule has 4 heteroatoms. The van der Waals surface area contributed by atoms with Crippen molar-refractivity contribution in [3.8, 4) is 6.07 Å². The minimum Gasteiger partial charge on any atom is -0.481 e. The minimum atomic E-state index is -0.795. The summed E-state index contributed by atoms with van der Waals surface area (Å²) >= 11 is 0. The normalized spacial score (nSPS) is 15.0. The third-order valence-electron chi connectivity index (χ3n) is 2.38. The van der Waals surface area contributed by atoms with E-state index in [9.17, 15) is 4.79 Å². The van der Waals surface area contributed by atoms with E-state index in [1.165, 1.54) is 0 Å². The molecule has 13 heavy (non-hydrogen) atoms. The van der Waals surface area contributed by atoms with Gasteiger partial charge in [0.2, 0.25) is 0 Å². The second-order valence-corrected chi connectivity index (χ2v) is 3.26. The predicted molar refractivity (Wildman–Crippen MR) is 49.1 cm³/mol. The molecule has 0 aromatic carbocycles. The third-order valence-corrected chi connectivity index (χ3v) is 2.38. The maximum atomic E-state index is 10.6. The van der Waals surface area contributed by atoms with Gasteiger partial charge in [0.05, 0.1) is 12.0 Å². The van der Waals surface area contributed by atoms with Crippen LogP contribution in [0.25, 0.3) is 0 Å². The Bertz CT molecular complexity index is 210. The molecule has 0 aromatic rings. The largest absolute Gasteiger partial charge is 0.481 e. The molecule has 0 aromatic heterocycles. The highest BCUT2D eigenvalue weighted by Gasteiger charge is 2.22. The zero-order valence-corrected chi connectivity index (χ0v) is 8.32. The van der Waals surface area contributed by atoms with Crippen LogP contribution in [-0.4, -0.2) is 35.6 Å². The van der Waals surface area contributed by atoms with Gasteiger partial charge in [0, 0.05) is 19.0 Å². The van der Waals surface area contributed by atoms with Gasteiger partial charge < -0.3 is 10.0 Å². The van der Waals surface area contributed by atoms with Crippen molar-refractivity contribution in [1.29, 1.82) is 5.26 Å². The van der Waals surface area contributed by atoms with Gasteiger partial charge >= 0.3 is 5.97 Å². The SMILES string of the molecule is CC(C(=O)O)C(C)N(C)CCC#N. The number of hydrogen-bond acceptors (Lipinski definition) is 3. The average Bonchev–Trinajstić information content (AvgIpc) is 2.11. The maximum absolute atomic E-state index is 10.6. The molecule has 0 rings (SSSR count). The van der Waals surface area contributed by atoms with E-state index in [2.05, 4.69) is 0 Å². The third kappa shape index (κ3) is 3.90. The van der Waals surface area contributed by atoms with Crippen LogP contribution in [-0.2, 0) is 4.79 Å². The number of hydrogen-bond donors (Lipinski definition) is 1. The van der Waals surface area contributed by atoms with Crippen molar-refractivity contribution in [1.82, 2.24) is 4.90 Å². The highest BCUT2D eigenvalue weighted by molar-refractivity contribution is 5.70. The highest BCUT2D eigenvalue weighted by Crippen LogP contribution is 2.09. The van der Waals surface area contributed by atoms with E-state index >= 15 is 0 Å². The van der Waals surface area contributed by atoms with Crippen LogP contribution in [0.2, 0.25) is 0 Å². The molecule has 74 valence electrons. The number of nitrogens with zero attached hydrogens (tertiary/aromatic N) is 2. The summed E-state index contributed by atoms with van der Waals surface area (Å²) < 4.78 is 0. The fraction of sp³-hybridized carbons (Fsp3) is 0.778. The number of rotatable bonds is 5. The van der Waals surface area contributed by atoms with E-state index in [1.807, 2.05) is 24.9 Å². The standard InChI is InChI=1S/C9H16N2O2/c1-7(9(12)13)8(2)11(3)6-4-5-10/h7-8H,4,6H2,1-3H3,(H,12,13). The second kappa shape index (κ2) is 5.55. The maximum Gasteiger partial charge on any atom is 0.307 e. The van der Waals surface area contributed by atoms with Gasteiger partial charge in [-0.05, 0) is 14.0 Å². The van der Waals surface area contributed by atoms with Crippen LogP contribution in [0.1, 0.15) is 20.3 Å². The number of carboxylic acids is 1. The first-order valence-electron chi connectivity index (χ1n) is 4.30. The fourth-order valence-corrected chi connectivity index (χ4v) is 1.02. The first-order chi connectivity index (χ1) is 6.00. The van der Waals surface area contributed by atoms with Crippen LogP contribution < -0.4 is 0 Å². The molecule has 0 aliphatic carbocycles. The Balaban J connectivity index is 4.02. The van der Waals surface area contributed by atoms with Crippen LogP contribution in [0, 0.1) is 17.2 Å². The molecule has 0 heterocycles. The van der Waals surface area contributed by atoms with Gasteiger partial charge in [-0.1, -0.05) is 6.92 Å². The summed E-state index contributed by atoms with van der Waals surface area (Å²) in [5.74, 6) is -1.19. The number of aliphatic carboxylic acids is 1. The van der Waals surface area contributed by atoms with E-state index in [4.69, 9.17) is 10.4 Å². The van der Waals surface area contributed by atoms with Crippen molar-refractivity contribution in [3.05, 3.63) is 0 Å². The van der Waals surface area contributed by atoms with Crippen LogP contribution in [0.5, 0.6) is 0 Å². The quantitative estimate of drug-likeness (QED) is 0.690. The van der Waals surface area contributed by atoms with Crippen LogP contribution in [0.3, 0.4) is 0 Å². The lowest BCUT2D eigenvalue weighted by Crippen LogP contribution is -2.38. The average molecular weight is 184 g/mol. The Labute approximate surface area is 78.8 Å². The highest BCUT2D eigenvalue weighted by atomic mass is 16.4. The van der Waals surface area contributed by atoms with Gasteiger partial charge in [-0.25, -0.2) is 0 Å². The van der Waals surface area contributed by atoms with Gasteiger partial charge in [-0.2, -0.15) is 5.26 Å². The fourth-order valence-electron chi connectivity index (χ4n) is 1.02. The molecule has 2 atom stereocenters. The van der Waals surface area contributed by atoms with Crippen molar-refractivity contribution in [3.63, 3.8) is 0 Å². The number of carboxylic acid groups (broad SMARTS) is 1. The molecule has 0 fully saturated rings.